The molecule has 0 aromatic heterocycles. The van der Waals surface area contributed by atoms with E-state index in [1.54, 1.807) is 6.92 Å². The second-order valence-electron chi connectivity index (χ2n) is 5.30. The molecule has 0 radical (unpaired) electrons. The van der Waals surface area contributed by atoms with Crippen molar-refractivity contribution in [3.63, 3.8) is 0 Å². The smallest absolute Gasteiger partial charge is 0.381 e. The second kappa shape index (κ2) is 6.47. The number of hydrogen-bond donors (Lipinski definition) is 1. The van der Waals surface area contributed by atoms with Crippen molar-refractivity contribution in [1.82, 2.24) is 5.32 Å². The Kier molecular flexibility index (Phi) is 4.88. The standard InChI is InChI=1S/C15H18F3NO2/c1-10-2-3-12(15(16,17)18)8-13(10)14(20)19-6-4-11-5-7-21-9-11/h2-3,8,11H,4-7,9H2,1H3,(H,19,20). The van der Waals surface area contributed by atoms with Crippen LogP contribution in [0.2, 0.25) is 0 Å². The molecule has 1 saturated heterocycles. The lowest BCUT2D eigenvalue weighted by molar-refractivity contribution is -0.137. The zero-order valence-corrected chi connectivity index (χ0v) is 11.8. The Morgan fingerprint density at radius 3 is 2.81 bits per heavy atom. The molecule has 116 valence electrons. The summed E-state index contributed by atoms with van der Waals surface area (Å²) in [7, 11) is 0. The van der Waals surface area contributed by atoms with Crippen molar-refractivity contribution in [3.8, 4) is 0 Å². The van der Waals surface area contributed by atoms with Crippen LogP contribution in [0.25, 0.3) is 0 Å². The summed E-state index contributed by atoms with van der Waals surface area (Å²) >= 11 is 0. The lowest BCUT2D eigenvalue weighted by Gasteiger charge is -2.12. The van der Waals surface area contributed by atoms with Gasteiger partial charge < -0.3 is 10.1 Å². The summed E-state index contributed by atoms with van der Waals surface area (Å²) in [4.78, 5) is 12.0. The summed E-state index contributed by atoms with van der Waals surface area (Å²) in [6.07, 6.45) is -2.69. The van der Waals surface area contributed by atoms with Gasteiger partial charge in [-0.05, 0) is 43.4 Å². The van der Waals surface area contributed by atoms with Crippen LogP contribution in [0.3, 0.4) is 0 Å². The Morgan fingerprint density at radius 2 is 2.19 bits per heavy atom. The fourth-order valence-electron chi connectivity index (χ4n) is 2.34. The van der Waals surface area contributed by atoms with Gasteiger partial charge in [-0.3, -0.25) is 4.79 Å². The number of carbonyl (C=O) groups is 1. The minimum atomic E-state index is -4.44. The Hall–Kier alpha value is -1.56. The monoisotopic (exact) mass is 301 g/mol. The molecule has 0 bridgehead atoms. The Bertz CT molecular complexity index is 508. The van der Waals surface area contributed by atoms with Crippen molar-refractivity contribution in [3.05, 3.63) is 34.9 Å². The number of halogens is 3. The third-order valence-corrected chi connectivity index (χ3v) is 3.67. The van der Waals surface area contributed by atoms with Gasteiger partial charge in [0.25, 0.3) is 5.91 Å². The van der Waals surface area contributed by atoms with Crippen molar-refractivity contribution in [2.24, 2.45) is 5.92 Å². The van der Waals surface area contributed by atoms with E-state index in [0.29, 0.717) is 24.6 Å². The van der Waals surface area contributed by atoms with E-state index in [1.807, 2.05) is 0 Å². The van der Waals surface area contributed by atoms with Gasteiger partial charge in [0, 0.05) is 25.3 Å². The molecule has 1 aliphatic rings. The van der Waals surface area contributed by atoms with E-state index in [0.717, 1.165) is 31.6 Å². The Labute approximate surface area is 121 Å². The van der Waals surface area contributed by atoms with Gasteiger partial charge >= 0.3 is 6.18 Å². The third kappa shape index (κ3) is 4.20. The van der Waals surface area contributed by atoms with Crippen LogP contribution >= 0.6 is 0 Å². The highest BCUT2D eigenvalue weighted by Crippen LogP contribution is 2.30. The molecule has 0 spiro atoms. The summed E-state index contributed by atoms with van der Waals surface area (Å²) in [5, 5.41) is 2.68. The summed E-state index contributed by atoms with van der Waals surface area (Å²) in [5.74, 6) is -0.0366. The molecule has 1 aromatic carbocycles. The molecule has 0 aliphatic carbocycles. The highest BCUT2D eigenvalue weighted by Gasteiger charge is 2.31. The number of rotatable bonds is 4. The first-order chi connectivity index (χ1) is 9.88. The lowest BCUT2D eigenvalue weighted by atomic mass is 10.0. The largest absolute Gasteiger partial charge is 0.416 e. The van der Waals surface area contributed by atoms with Crippen LogP contribution < -0.4 is 5.32 Å². The number of benzene rings is 1. The Balaban J connectivity index is 1.97. The normalized spacial score (nSPS) is 18.8. The predicted molar refractivity (Wildman–Crippen MR) is 72.1 cm³/mol. The van der Waals surface area contributed by atoms with Crippen molar-refractivity contribution >= 4 is 5.91 Å². The van der Waals surface area contributed by atoms with Gasteiger partial charge in [-0.25, -0.2) is 0 Å². The van der Waals surface area contributed by atoms with E-state index in [1.165, 1.54) is 6.07 Å². The zero-order chi connectivity index (χ0) is 15.5. The Morgan fingerprint density at radius 1 is 1.43 bits per heavy atom. The first kappa shape index (κ1) is 15.8. The summed E-state index contributed by atoms with van der Waals surface area (Å²) in [6.45, 7) is 3.51. The molecule has 2 rings (SSSR count). The van der Waals surface area contributed by atoms with Crippen LogP contribution in [0.5, 0.6) is 0 Å². The van der Waals surface area contributed by atoms with Crippen molar-refractivity contribution < 1.29 is 22.7 Å². The molecule has 1 aromatic rings. The van der Waals surface area contributed by atoms with Crippen LogP contribution in [0.4, 0.5) is 13.2 Å². The number of hydrogen-bond acceptors (Lipinski definition) is 2. The summed E-state index contributed by atoms with van der Waals surface area (Å²) in [5.41, 5.74) is -0.195. The molecular weight excluding hydrogens is 283 g/mol. The van der Waals surface area contributed by atoms with E-state index < -0.39 is 17.6 Å². The fourth-order valence-corrected chi connectivity index (χ4v) is 2.34. The predicted octanol–water partition coefficient (Wildman–Crippen LogP) is 3.17. The van der Waals surface area contributed by atoms with Gasteiger partial charge in [-0.2, -0.15) is 13.2 Å². The molecule has 1 amide bonds. The maximum Gasteiger partial charge on any atom is 0.416 e. The maximum atomic E-state index is 12.7. The molecule has 21 heavy (non-hydrogen) atoms. The average Bonchev–Trinajstić information content (AvgIpc) is 2.91. The molecule has 0 saturated carbocycles. The fraction of sp³-hybridized carbons (Fsp3) is 0.533. The molecule has 1 fully saturated rings. The molecule has 6 heteroatoms. The van der Waals surface area contributed by atoms with Gasteiger partial charge in [-0.1, -0.05) is 6.07 Å². The number of amides is 1. The van der Waals surface area contributed by atoms with Crippen molar-refractivity contribution in [1.29, 1.82) is 0 Å². The highest BCUT2D eigenvalue weighted by atomic mass is 19.4. The number of alkyl halides is 3. The molecule has 1 atom stereocenters. The van der Waals surface area contributed by atoms with Crippen LogP contribution in [0.1, 0.15) is 34.3 Å². The number of nitrogens with one attached hydrogen (secondary N) is 1. The van der Waals surface area contributed by atoms with Crippen LogP contribution in [0.15, 0.2) is 18.2 Å². The minimum Gasteiger partial charge on any atom is -0.381 e. The number of aryl methyl sites for hydroxylation is 1. The zero-order valence-electron chi connectivity index (χ0n) is 11.8. The third-order valence-electron chi connectivity index (χ3n) is 3.67. The van der Waals surface area contributed by atoms with E-state index >= 15 is 0 Å². The lowest BCUT2D eigenvalue weighted by Crippen LogP contribution is -2.27. The first-order valence-corrected chi connectivity index (χ1v) is 6.91. The molecule has 3 nitrogen and oxygen atoms in total. The highest BCUT2D eigenvalue weighted by molar-refractivity contribution is 5.95. The molecule has 1 unspecified atom stereocenters. The summed E-state index contributed by atoms with van der Waals surface area (Å²) < 4.78 is 43.3. The minimum absolute atomic E-state index is 0.0764. The quantitative estimate of drug-likeness (QED) is 0.927. The van der Waals surface area contributed by atoms with Crippen molar-refractivity contribution in [2.45, 2.75) is 25.9 Å². The second-order valence-corrected chi connectivity index (χ2v) is 5.30. The van der Waals surface area contributed by atoms with Gasteiger partial charge in [0.05, 0.1) is 5.56 Å². The number of ether oxygens (including phenoxy) is 1. The van der Waals surface area contributed by atoms with Crippen LogP contribution in [-0.4, -0.2) is 25.7 Å². The topological polar surface area (TPSA) is 38.3 Å². The van der Waals surface area contributed by atoms with E-state index in [4.69, 9.17) is 4.74 Å². The van der Waals surface area contributed by atoms with Gasteiger partial charge in [0.1, 0.15) is 0 Å². The molecule has 1 heterocycles. The average molecular weight is 301 g/mol. The summed E-state index contributed by atoms with van der Waals surface area (Å²) in [6, 6.07) is 3.22. The maximum absolute atomic E-state index is 12.7. The molecule has 1 aliphatic heterocycles. The van der Waals surface area contributed by atoms with E-state index in [2.05, 4.69) is 5.32 Å². The molecular formula is C15H18F3NO2. The van der Waals surface area contributed by atoms with E-state index in [-0.39, 0.29) is 5.56 Å². The number of carbonyl (C=O) groups excluding carboxylic acids is 1. The van der Waals surface area contributed by atoms with Gasteiger partial charge in [-0.15, -0.1) is 0 Å². The molecule has 1 N–H and O–H groups in total. The van der Waals surface area contributed by atoms with Crippen LogP contribution in [-0.2, 0) is 10.9 Å². The van der Waals surface area contributed by atoms with Gasteiger partial charge in [0.15, 0.2) is 0 Å². The van der Waals surface area contributed by atoms with Crippen molar-refractivity contribution in [2.75, 3.05) is 19.8 Å². The van der Waals surface area contributed by atoms with Crippen LogP contribution in [0, 0.1) is 12.8 Å². The first-order valence-electron chi connectivity index (χ1n) is 6.91. The van der Waals surface area contributed by atoms with E-state index in [9.17, 15) is 18.0 Å². The van der Waals surface area contributed by atoms with Gasteiger partial charge in [0.2, 0.25) is 0 Å². The SMILES string of the molecule is Cc1ccc(C(F)(F)F)cc1C(=O)NCCC1CCOC1.